The van der Waals surface area contributed by atoms with Gasteiger partial charge in [-0.3, -0.25) is 9.67 Å². The van der Waals surface area contributed by atoms with Gasteiger partial charge >= 0.3 is 0 Å². The number of rotatable bonds is 4. The first-order chi connectivity index (χ1) is 8.62. The second kappa shape index (κ2) is 5.06. The molecule has 0 bridgehead atoms. The van der Waals surface area contributed by atoms with Crippen LogP contribution in [0.4, 0.5) is 0 Å². The van der Waals surface area contributed by atoms with Crippen LogP contribution >= 0.6 is 12.2 Å². The molecule has 0 radical (unpaired) electrons. The Morgan fingerprint density at radius 2 is 1.83 bits per heavy atom. The quantitative estimate of drug-likeness (QED) is 0.839. The molecule has 3 nitrogen and oxygen atoms in total. The molecule has 1 N–H and O–H groups in total. The molecule has 0 spiro atoms. The monoisotopic (exact) mass is 261 g/mol. The molecule has 96 valence electrons. The maximum absolute atomic E-state index is 5.40. The van der Waals surface area contributed by atoms with Crippen LogP contribution in [-0.4, -0.2) is 14.8 Å². The summed E-state index contributed by atoms with van der Waals surface area (Å²) in [4.78, 5) is 0. The normalized spacial score (nSPS) is 11.7. The Morgan fingerprint density at radius 1 is 1.22 bits per heavy atom. The molecule has 0 amide bonds. The van der Waals surface area contributed by atoms with E-state index in [1.807, 2.05) is 18.2 Å². The van der Waals surface area contributed by atoms with E-state index in [9.17, 15) is 0 Å². The SMILES string of the molecule is CCC(C)(CC)n1c(-c2ccccc2)n[nH]c1=S. The first-order valence-electron chi connectivity index (χ1n) is 6.35. The van der Waals surface area contributed by atoms with Gasteiger partial charge in [-0.05, 0) is 32.0 Å². The number of hydrogen-bond donors (Lipinski definition) is 1. The van der Waals surface area contributed by atoms with Gasteiger partial charge in [-0.15, -0.1) is 0 Å². The summed E-state index contributed by atoms with van der Waals surface area (Å²) in [6.07, 6.45) is 2.05. The third-order valence-electron chi connectivity index (χ3n) is 3.77. The predicted molar refractivity (Wildman–Crippen MR) is 77.1 cm³/mol. The first kappa shape index (κ1) is 13.0. The minimum atomic E-state index is 0.00918. The molecule has 0 atom stereocenters. The lowest BCUT2D eigenvalue weighted by Crippen LogP contribution is -2.29. The minimum Gasteiger partial charge on any atom is -0.294 e. The van der Waals surface area contributed by atoms with E-state index < -0.39 is 0 Å². The summed E-state index contributed by atoms with van der Waals surface area (Å²) in [6.45, 7) is 6.60. The maximum Gasteiger partial charge on any atom is 0.195 e. The fraction of sp³-hybridized carbons (Fsp3) is 0.429. The minimum absolute atomic E-state index is 0.00918. The van der Waals surface area contributed by atoms with Crippen molar-refractivity contribution in [3.8, 4) is 11.4 Å². The highest BCUT2D eigenvalue weighted by atomic mass is 32.1. The van der Waals surface area contributed by atoms with E-state index in [0.717, 1.165) is 24.2 Å². The van der Waals surface area contributed by atoms with Crippen molar-refractivity contribution in [3.63, 3.8) is 0 Å². The molecule has 4 heteroatoms. The van der Waals surface area contributed by atoms with Crippen molar-refractivity contribution in [2.75, 3.05) is 0 Å². The van der Waals surface area contributed by atoms with Gasteiger partial charge in [0.25, 0.3) is 0 Å². The second-order valence-electron chi connectivity index (χ2n) is 4.76. The lowest BCUT2D eigenvalue weighted by Gasteiger charge is -2.29. The highest BCUT2D eigenvalue weighted by molar-refractivity contribution is 7.71. The second-order valence-corrected chi connectivity index (χ2v) is 5.14. The molecule has 2 aromatic rings. The molecule has 0 fully saturated rings. The fourth-order valence-electron chi connectivity index (χ4n) is 2.14. The summed E-state index contributed by atoms with van der Waals surface area (Å²) in [5, 5.41) is 7.32. The molecular formula is C14H19N3S. The summed E-state index contributed by atoms with van der Waals surface area (Å²) < 4.78 is 2.84. The zero-order chi connectivity index (χ0) is 13.2. The number of hydrogen-bond acceptors (Lipinski definition) is 2. The van der Waals surface area contributed by atoms with Crippen molar-refractivity contribution in [2.45, 2.75) is 39.2 Å². The van der Waals surface area contributed by atoms with Crippen molar-refractivity contribution in [1.82, 2.24) is 14.8 Å². The van der Waals surface area contributed by atoms with Crippen LogP contribution in [0.25, 0.3) is 11.4 Å². The van der Waals surface area contributed by atoms with E-state index in [2.05, 4.69) is 47.7 Å². The van der Waals surface area contributed by atoms with E-state index in [1.54, 1.807) is 0 Å². The number of nitrogens with one attached hydrogen (secondary N) is 1. The number of nitrogens with zero attached hydrogens (tertiary/aromatic N) is 2. The lowest BCUT2D eigenvalue weighted by atomic mass is 9.94. The molecule has 18 heavy (non-hydrogen) atoms. The van der Waals surface area contributed by atoms with Crippen LogP contribution in [0.5, 0.6) is 0 Å². The molecule has 0 saturated heterocycles. The third kappa shape index (κ3) is 2.12. The van der Waals surface area contributed by atoms with Gasteiger partial charge in [0.05, 0.1) is 0 Å². The van der Waals surface area contributed by atoms with E-state index in [4.69, 9.17) is 12.2 Å². The van der Waals surface area contributed by atoms with Crippen LogP contribution in [0.1, 0.15) is 33.6 Å². The first-order valence-corrected chi connectivity index (χ1v) is 6.76. The lowest BCUT2D eigenvalue weighted by molar-refractivity contribution is 0.293. The fourth-order valence-corrected chi connectivity index (χ4v) is 2.50. The highest BCUT2D eigenvalue weighted by Gasteiger charge is 2.26. The van der Waals surface area contributed by atoms with Gasteiger partial charge in [-0.25, -0.2) is 0 Å². The maximum atomic E-state index is 5.40. The molecule has 0 saturated carbocycles. The van der Waals surface area contributed by atoms with E-state index in [1.165, 1.54) is 0 Å². The average Bonchev–Trinajstić information content (AvgIpc) is 2.81. The van der Waals surface area contributed by atoms with E-state index >= 15 is 0 Å². The van der Waals surface area contributed by atoms with Crippen LogP contribution in [0.2, 0.25) is 0 Å². The van der Waals surface area contributed by atoms with Crippen molar-refractivity contribution < 1.29 is 0 Å². The van der Waals surface area contributed by atoms with Crippen molar-refractivity contribution in [1.29, 1.82) is 0 Å². The third-order valence-corrected chi connectivity index (χ3v) is 4.04. The van der Waals surface area contributed by atoms with Crippen molar-refractivity contribution in [3.05, 3.63) is 35.1 Å². The van der Waals surface area contributed by atoms with Gasteiger partial charge < -0.3 is 0 Å². The molecule has 0 aliphatic heterocycles. The van der Waals surface area contributed by atoms with Gasteiger partial charge in [0.2, 0.25) is 0 Å². The molecule has 1 aromatic carbocycles. The molecular weight excluding hydrogens is 242 g/mol. The Bertz CT molecular complexity index is 564. The van der Waals surface area contributed by atoms with E-state index in [0.29, 0.717) is 4.77 Å². The van der Waals surface area contributed by atoms with Gasteiger partial charge in [-0.2, -0.15) is 5.10 Å². The zero-order valence-corrected chi connectivity index (χ0v) is 11.9. The number of aromatic nitrogens is 3. The molecule has 0 aliphatic rings. The van der Waals surface area contributed by atoms with Gasteiger partial charge in [0.15, 0.2) is 10.6 Å². The summed E-state index contributed by atoms with van der Waals surface area (Å²) in [5.74, 6) is 0.923. The molecule has 0 aliphatic carbocycles. The van der Waals surface area contributed by atoms with Crippen LogP contribution in [-0.2, 0) is 5.54 Å². The predicted octanol–water partition coefficient (Wildman–Crippen LogP) is 4.14. The van der Waals surface area contributed by atoms with Crippen LogP contribution in [0.3, 0.4) is 0 Å². The Kier molecular flexibility index (Phi) is 3.66. The molecule has 1 aromatic heterocycles. The van der Waals surface area contributed by atoms with Crippen LogP contribution < -0.4 is 0 Å². The number of aromatic amines is 1. The summed E-state index contributed by atoms with van der Waals surface area (Å²) in [5.41, 5.74) is 1.10. The Labute approximate surface area is 113 Å². The molecule has 1 heterocycles. The Hall–Kier alpha value is -1.42. The number of benzene rings is 1. The smallest absolute Gasteiger partial charge is 0.195 e. The summed E-state index contributed by atoms with van der Waals surface area (Å²) >= 11 is 5.40. The summed E-state index contributed by atoms with van der Waals surface area (Å²) in [7, 11) is 0. The Balaban J connectivity index is 2.62. The summed E-state index contributed by atoms with van der Waals surface area (Å²) in [6, 6.07) is 10.2. The largest absolute Gasteiger partial charge is 0.294 e. The number of H-pyrrole nitrogens is 1. The molecule has 2 rings (SSSR count). The average molecular weight is 261 g/mol. The van der Waals surface area contributed by atoms with Crippen LogP contribution in [0, 0.1) is 4.77 Å². The van der Waals surface area contributed by atoms with Crippen molar-refractivity contribution in [2.24, 2.45) is 0 Å². The highest BCUT2D eigenvalue weighted by Crippen LogP contribution is 2.30. The molecule has 0 unspecified atom stereocenters. The van der Waals surface area contributed by atoms with Gasteiger partial charge in [-0.1, -0.05) is 44.2 Å². The van der Waals surface area contributed by atoms with Gasteiger partial charge in [0, 0.05) is 11.1 Å². The van der Waals surface area contributed by atoms with Crippen molar-refractivity contribution >= 4 is 12.2 Å². The van der Waals surface area contributed by atoms with E-state index in [-0.39, 0.29) is 5.54 Å². The standard InChI is InChI=1S/C14H19N3S/c1-4-14(3,5-2)17-12(15-16-13(17)18)11-9-7-6-8-10-11/h6-10H,4-5H2,1-3H3,(H,16,18). The zero-order valence-electron chi connectivity index (χ0n) is 11.1. The Morgan fingerprint density at radius 3 is 2.39 bits per heavy atom. The topological polar surface area (TPSA) is 33.6 Å². The van der Waals surface area contributed by atoms with Crippen LogP contribution in [0.15, 0.2) is 30.3 Å². The van der Waals surface area contributed by atoms with Gasteiger partial charge in [0.1, 0.15) is 0 Å².